The van der Waals surface area contributed by atoms with Crippen molar-refractivity contribution in [3.8, 4) is 22.8 Å². The number of carbonyl (C=O) groups is 3. The number of phenolic OH excluding ortho intramolecular Hbond substituents is 1. The number of alkyl carbamates (subject to hydrolysis) is 1. The fourth-order valence-corrected chi connectivity index (χ4v) is 3.84. The largest absolute Gasteiger partial charge is 0.507 e. The van der Waals surface area contributed by atoms with Gasteiger partial charge < -0.3 is 29.1 Å². The van der Waals surface area contributed by atoms with Gasteiger partial charge in [0, 0.05) is 23.8 Å². The second kappa shape index (κ2) is 12.4. The minimum atomic E-state index is -1.49. The summed E-state index contributed by atoms with van der Waals surface area (Å²) < 4.78 is 21.7. The molecule has 212 valence electrons. The Labute approximate surface area is 235 Å². The standard InChI is InChI=1S/C31H29NO9/c1-31(2,3)41-30(37)32-22(16-27(35)38-18-19-10-6-4-7-11-19)29(36)39-21-14-23(33)28-24(34)17-25(40-26(28)15-21)20-12-8-5-9-13-20/h4-15,17,22,33H,16,18H2,1-3H3,(H,32,37)/t22-/m0/s1. The first-order chi connectivity index (χ1) is 19.5. The van der Waals surface area contributed by atoms with Crippen molar-refractivity contribution in [1.29, 1.82) is 0 Å². The first-order valence-corrected chi connectivity index (χ1v) is 12.8. The Bertz CT molecular complexity index is 1610. The minimum absolute atomic E-state index is 0.0296. The number of rotatable bonds is 8. The van der Waals surface area contributed by atoms with Crippen LogP contribution in [0.5, 0.6) is 11.5 Å². The third-order valence-electron chi connectivity index (χ3n) is 5.65. The van der Waals surface area contributed by atoms with Crippen LogP contribution in [0.1, 0.15) is 32.8 Å². The molecule has 0 unspecified atom stereocenters. The number of hydrogen-bond donors (Lipinski definition) is 2. The summed E-state index contributed by atoms with van der Waals surface area (Å²) in [5.74, 6) is -2.21. The van der Waals surface area contributed by atoms with Gasteiger partial charge in [-0.3, -0.25) is 9.59 Å². The van der Waals surface area contributed by atoms with Crippen LogP contribution in [0.4, 0.5) is 4.79 Å². The molecular weight excluding hydrogens is 530 g/mol. The van der Waals surface area contributed by atoms with Crippen LogP contribution in [0.3, 0.4) is 0 Å². The van der Waals surface area contributed by atoms with Gasteiger partial charge in [0.1, 0.15) is 46.5 Å². The first-order valence-electron chi connectivity index (χ1n) is 12.8. The van der Waals surface area contributed by atoms with Gasteiger partial charge >= 0.3 is 18.0 Å². The highest BCUT2D eigenvalue weighted by atomic mass is 16.6. The molecule has 1 amide bonds. The van der Waals surface area contributed by atoms with E-state index in [4.69, 9.17) is 18.6 Å². The van der Waals surface area contributed by atoms with Gasteiger partial charge in [-0.2, -0.15) is 0 Å². The smallest absolute Gasteiger partial charge is 0.408 e. The highest BCUT2D eigenvalue weighted by Crippen LogP contribution is 2.31. The molecule has 1 atom stereocenters. The summed E-state index contributed by atoms with van der Waals surface area (Å²) in [6.07, 6.45) is -1.51. The lowest BCUT2D eigenvalue weighted by Gasteiger charge is -2.22. The molecule has 1 heterocycles. The molecule has 0 aliphatic carbocycles. The molecule has 0 radical (unpaired) electrons. The number of ether oxygens (including phenoxy) is 3. The van der Waals surface area contributed by atoms with E-state index in [1.165, 1.54) is 12.1 Å². The highest BCUT2D eigenvalue weighted by molar-refractivity contribution is 5.90. The van der Waals surface area contributed by atoms with E-state index >= 15 is 0 Å². The Balaban J connectivity index is 1.56. The van der Waals surface area contributed by atoms with E-state index in [0.717, 1.165) is 11.6 Å². The molecule has 0 saturated carbocycles. The first kappa shape index (κ1) is 28.9. The summed E-state index contributed by atoms with van der Waals surface area (Å²) in [6, 6.07) is 19.9. The summed E-state index contributed by atoms with van der Waals surface area (Å²) in [6.45, 7) is 4.89. The molecule has 4 rings (SSSR count). The molecule has 2 N–H and O–H groups in total. The molecule has 0 saturated heterocycles. The maximum absolute atomic E-state index is 13.2. The predicted molar refractivity (Wildman–Crippen MR) is 149 cm³/mol. The number of fused-ring (bicyclic) bond motifs is 1. The van der Waals surface area contributed by atoms with Gasteiger partial charge in [-0.1, -0.05) is 60.7 Å². The fraction of sp³-hybridized carbons (Fsp3) is 0.226. The average Bonchev–Trinajstić information content (AvgIpc) is 2.91. The topological polar surface area (TPSA) is 141 Å². The Morgan fingerprint density at radius 1 is 0.951 bits per heavy atom. The van der Waals surface area contributed by atoms with E-state index in [1.54, 1.807) is 69.3 Å². The van der Waals surface area contributed by atoms with Gasteiger partial charge in [0.25, 0.3) is 0 Å². The Hall–Kier alpha value is -5.12. The van der Waals surface area contributed by atoms with E-state index in [-0.39, 0.29) is 29.1 Å². The predicted octanol–water partition coefficient (Wildman–Crippen LogP) is 5.10. The summed E-state index contributed by atoms with van der Waals surface area (Å²) in [7, 11) is 0. The zero-order valence-corrected chi connectivity index (χ0v) is 22.7. The van der Waals surface area contributed by atoms with Gasteiger partial charge in [-0.25, -0.2) is 9.59 Å². The van der Waals surface area contributed by atoms with Crippen LogP contribution >= 0.6 is 0 Å². The van der Waals surface area contributed by atoms with Crippen molar-refractivity contribution in [2.24, 2.45) is 0 Å². The Morgan fingerprint density at radius 3 is 2.27 bits per heavy atom. The third-order valence-corrected chi connectivity index (χ3v) is 5.65. The maximum atomic E-state index is 13.2. The Morgan fingerprint density at radius 2 is 1.61 bits per heavy atom. The van der Waals surface area contributed by atoms with Crippen molar-refractivity contribution in [2.75, 3.05) is 0 Å². The van der Waals surface area contributed by atoms with Gasteiger partial charge in [0.05, 0.1) is 6.42 Å². The minimum Gasteiger partial charge on any atom is -0.507 e. The van der Waals surface area contributed by atoms with E-state index in [9.17, 15) is 24.3 Å². The number of amides is 1. The molecule has 41 heavy (non-hydrogen) atoms. The quantitative estimate of drug-likeness (QED) is 0.223. The summed E-state index contributed by atoms with van der Waals surface area (Å²) in [5.41, 5.74) is -0.0268. The molecule has 3 aromatic carbocycles. The SMILES string of the molecule is CC(C)(C)OC(=O)N[C@@H](CC(=O)OCc1ccccc1)C(=O)Oc1cc(O)c2c(=O)cc(-c3ccccc3)oc2c1. The van der Waals surface area contributed by atoms with Crippen LogP contribution < -0.4 is 15.5 Å². The Kier molecular flexibility index (Phi) is 8.72. The molecule has 0 spiro atoms. The number of nitrogens with one attached hydrogen (secondary N) is 1. The van der Waals surface area contributed by atoms with E-state index in [0.29, 0.717) is 5.56 Å². The van der Waals surface area contributed by atoms with Crippen LogP contribution in [0.25, 0.3) is 22.3 Å². The van der Waals surface area contributed by atoms with Gasteiger partial charge in [0.15, 0.2) is 5.43 Å². The number of phenols is 1. The normalized spacial score (nSPS) is 11.9. The van der Waals surface area contributed by atoms with E-state index in [2.05, 4.69) is 5.32 Å². The van der Waals surface area contributed by atoms with Crippen molar-refractivity contribution >= 4 is 29.0 Å². The molecular formula is C31H29NO9. The van der Waals surface area contributed by atoms with E-state index in [1.807, 2.05) is 12.1 Å². The van der Waals surface area contributed by atoms with Crippen LogP contribution in [0.2, 0.25) is 0 Å². The van der Waals surface area contributed by atoms with Crippen molar-refractivity contribution in [2.45, 2.75) is 45.4 Å². The molecule has 0 aliphatic rings. The summed E-state index contributed by atoms with van der Waals surface area (Å²) in [4.78, 5) is 50.9. The van der Waals surface area contributed by atoms with Crippen LogP contribution in [-0.4, -0.2) is 34.8 Å². The number of aromatic hydroxyl groups is 1. The van der Waals surface area contributed by atoms with Crippen molar-refractivity contribution in [3.63, 3.8) is 0 Å². The lowest BCUT2D eigenvalue weighted by Crippen LogP contribution is -2.46. The zero-order valence-electron chi connectivity index (χ0n) is 22.7. The van der Waals surface area contributed by atoms with Gasteiger partial charge in [0.2, 0.25) is 0 Å². The summed E-state index contributed by atoms with van der Waals surface area (Å²) in [5, 5.41) is 12.8. The number of esters is 2. The molecule has 0 bridgehead atoms. The number of hydrogen-bond acceptors (Lipinski definition) is 9. The monoisotopic (exact) mass is 559 g/mol. The molecule has 0 aliphatic heterocycles. The van der Waals surface area contributed by atoms with E-state index < -0.39 is 47.3 Å². The number of benzene rings is 3. The lowest BCUT2D eigenvalue weighted by atomic mass is 10.1. The van der Waals surface area contributed by atoms with Gasteiger partial charge in [-0.05, 0) is 26.3 Å². The van der Waals surface area contributed by atoms with Crippen molar-refractivity contribution in [1.82, 2.24) is 5.32 Å². The van der Waals surface area contributed by atoms with Crippen LogP contribution in [0, 0.1) is 0 Å². The van der Waals surface area contributed by atoms with Crippen LogP contribution in [-0.2, 0) is 25.7 Å². The fourth-order valence-electron chi connectivity index (χ4n) is 3.84. The van der Waals surface area contributed by atoms with Crippen molar-refractivity contribution < 1.29 is 38.1 Å². The number of carbonyl (C=O) groups excluding carboxylic acids is 3. The second-order valence-corrected chi connectivity index (χ2v) is 10.1. The molecule has 10 nitrogen and oxygen atoms in total. The highest BCUT2D eigenvalue weighted by Gasteiger charge is 2.29. The summed E-state index contributed by atoms with van der Waals surface area (Å²) >= 11 is 0. The van der Waals surface area contributed by atoms with Gasteiger partial charge in [-0.15, -0.1) is 0 Å². The third kappa shape index (κ3) is 7.95. The molecule has 1 aromatic heterocycles. The lowest BCUT2D eigenvalue weighted by molar-refractivity contribution is -0.149. The molecule has 10 heteroatoms. The maximum Gasteiger partial charge on any atom is 0.408 e. The van der Waals surface area contributed by atoms with Crippen molar-refractivity contribution in [3.05, 3.63) is 94.6 Å². The average molecular weight is 560 g/mol. The second-order valence-electron chi connectivity index (χ2n) is 10.1. The molecule has 4 aromatic rings. The van der Waals surface area contributed by atoms with Crippen LogP contribution in [0.15, 0.2) is 88.1 Å². The molecule has 0 fully saturated rings. The zero-order chi connectivity index (χ0) is 29.6.